The van der Waals surface area contributed by atoms with Gasteiger partial charge < -0.3 is 10.5 Å². The minimum atomic E-state index is 0.109. The third kappa shape index (κ3) is 5.22. The van der Waals surface area contributed by atoms with Gasteiger partial charge in [-0.05, 0) is 111 Å². The zero-order valence-corrected chi connectivity index (χ0v) is 22.3. The maximum atomic E-state index is 13.3. The van der Waals surface area contributed by atoms with Gasteiger partial charge in [-0.2, -0.15) is 0 Å². The van der Waals surface area contributed by atoms with E-state index in [0.717, 1.165) is 43.3 Å². The van der Waals surface area contributed by atoms with Crippen molar-refractivity contribution in [3.05, 3.63) is 35.9 Å². The average Bonchev–Trinajstić information content (AvgIpc) is 3.21. The van der Waals surface area contributed by atoms with E-state index in [-0.39, 0.29) is 23.7 Å². The van der Waals surface area contributed by atoms with Gasteiger partial charge in [0.2, 0.25) is 0 Å². The van der Waals surface area contributed by atoms with E-state index >= 15 is 0 Å². The number of carbonyl (C=O) groups is 1. The Kier molecular flexibility index (Phi) is 7.73. The standard InChI is InChI=1S/C30H46N4O2/c1-20(31)33-34(32)17-29(35)28-13-12-27-26-11-9-23-16-22(19-36-18-21-6-4-3-5-7-21)8-10-24(23)25(26)14-15-30(27,28)2/h3-7,22-28H,8-19,32H2,1-2H3,(H2,31,33). The fourth-order valence-corrected chi connectivity index (χ4v) is 9.06. The fourth-order valence-electron chi connectivity index (χ4n) is 9.06. The van der Waals surface area contributed by atoms with Gasteiger partial charge in [0.1, 0.15) is 12.4 Å². The van der Waals surface area contributed by atoms with Crippen LogP contribution in [0.5, 0.6) is 0 Å². The quantitative estimate of drug-likeness (QED) is 0.226. The van der Waals surface area contributed by atoms with Crippen LogP contribution in [0.15, 0.2) is 35.4 Å². The normalized spacial score (nSPS) is 38.1. The lowest BCUT2D eigenvalue weighted by molar-refractivity contribution is -0.131. The molecule has 6 nitrogen and oxygen atoms in total. The SMILES string of the molecule is C/C(N)=N/N(N)CC(=O)C1CCC2C3CCC4CC(COCc5ccccc5)CCC4C3CCC12C. The monoisotopic (exact) mass is 494 g/mol. The van der Waals surface area contributed by atoms with Crippen LogP contribution in [0.4, 0.5) is 0 Å². The molecule has 4 aliphatic carbocycles. The molecule has 0 bridgehead atoms. The highest BCUT2D eigenvalue weighted by Gasteiger charge is 2.58. The van der Waals surface area contributed by atoms with Crippen LogP contribution in [-0.2, 0) is 16.1 Å². The average molecular weight is 495 g/mol. The summed E-state index contributed by atoms with van der Waals surface area (Å²) < 4.78 is 6.14. The van der Waals surface area contributed by atoms with E-state index in [1.54, 1.807) is 6.92 Å². The fraction of sp³-hybridized carbons (Fsp3) is 0.733. The van der Waals surface area contributed by atoms with Crippen LogP contribution >= 0.6 is 0 Å². The minimum absolute atomic E-state index is 0.109. The highest BCUT2D eigenvalue weighted by atomic mass is 16.5. The Morgan fingerprint density at radius 2 is 1.83 bits per heavy atom. The highest BCUT2D eigenvalue weighted by Crippen LogP contribution is 2.64. The summed E-state index contributed by atoms with van der Waals surface area (Å²) in [6, 6.07) is 10.5. The molecule has 0 amide bonds. The van der Waals surface area contributed by atoms with Crippen LogP contribution in [0.3, 0.4) is 0 Å². The molecule has 0 radical (unpaired) electrons. The van der Waals surface area contributed by atoms with Crippen LogP contribution in [-0.4, -0.2) is 29.9 Å². The maximum absolute atomic E-state index is 13.3. The summed E-state index contributed by atoms with van der Waals surface area (Å²) in [5.74, 6) is 11.5. The molecular weight excluding hydrogens is 448 g/mol. The molecular formula is C30H46N4O2. The van der Waals surface area contributed by atoms with Crippen LogP contribution in [0.25, 0.3) is 0 Å². The number of hydrogen-bond acceptors (Lipinski definition) is 5. The molecule has 198 valence electrons. The number of hydrazine groups is 1. The van der Waals surface area contributed by atoms with Crippen molar-refractivity contribution in [2.24, 2.45) is 63.5 Å². The Balaban J connectivity index is 1.16. The number of carbonyl (C=O) groups excluding carboxylic acids is 1. The van der Waals surface area contributed by atoms with Crippen LogP contribution in [0.2, 0.25) is 0 Å². The molecule has 0 heterocycles. The zero-order valence-electron chi connectivity index (χ0n) is 22.3. The molecule has 4 fully saturated rings. The summed E-state index contributed by atoms with van der Waals surface area (Å²) in [7, 11) is 0. The first-order valence-corrected chi connectivity index (χ1v) is 14.3. The number of hydrogen-bond donors (Lipinski definition) is 2. The van der Waals surface area contributed by atoms with E-state index in [0.29, 0.717) is 17.7 Å². The Labute approximate surface area is 217 Å². The Hall–Kier alpha value is -1.92. The Morgan fingerprint density at radius 3 is 2.61 bits per heavy atom. The third-order valence-corrected chi connectivity index (χ3v) is 10.5. The number of ether oxygens (including phenoxy) is 1. The molecule has 4 N–H and O–H groups in total. The molecule has 0 saturated heterocycles. The van der Waals surface area contributed by atoms with Gasteiger partial charge in [-0.3, -0.25) is 4.79 Å². The molecule has 36 heavy (non-hydrogen) atoms. The summed E-state index contributed by atoms with van der Waals surface area (Å²) in [5.41, 5.74) is 7.04. The van der Waals surface area contributed by atoms with Gasteiger partial charge in [0.15, 0.2) is 5.78 Å². The van der Waals surface area contributed by atoms with E-state index in [4.69, 9.17) is 16.3 Å². The summed E-state index contributed by atoms with van der Waals surface area (Å²) in [5, 5.41) is 5.27. The summed E-state index contributed by atoms with van der Waals surface area (Å²) in [4.78, 5) is 13.3. The Morgan fingerprint density at radius 1 is 1.06 bits per heavy atom. The second-order valence-electron chi connectivity index (χ2n) is 12.6. The van der Waals surface area contributed by atoms with E-state index < -0.39 is 0 Å². The van der Waals surface area contributed by atoms with Crippen molar-refractivity contribution in [3.63, 3.8) is 0 Å². The highest BCUT2D eigenvalue weighted by molar-refractivity contribution is 5.84. The predicted octanol–water partition coefficient (Wildman–Crippen LogP) is 5.13. The molecule has 0 aliphatic heterocycles. The molecule has 8 unspecified atom stereocenters. The number of benzene rings is 1. The molecule has 0 aromatic heterocycles. The van der Waals surface area contributed by atoms with Gasteiger partial charge in [-0.25, -0.2) is 11.0 Å². The first kappa shape index (κ1) is 25.7. The van der Waals surface area contributed by atoms with Crippen LogP contribution in [0, 0.1) is 46.8 Å². The topological polar surface area (TPSA) is 93.9 Å². The zero-order chi connectivity index (χ0) is 25.3. The van der Waals surface area contributed by atoms with Crippen molar-refractivity contribution in [3.8, 4) is 0 Å². The second-order valence-corrected chi connectivity index (χ2v) is 12.6. The number of rotatable bonds is 8. The summed E-state index contributed by atoms with van der Waals surface area (Å²) in [6.45, 7) is 5.90. The van der Waals surface area contributed by atoms with E-state index in [1.807, 2.05) is 0 Å². The molecule has 8 atom stereocenters. The van der Waals surface area contributed by atoms with Gasteiger partial charge in [0.05, 0.1) is 6.61 Å². The molecule has 5 rings (SSSR count). The van der Waals surface area contributed by atoms with Crippen molar-refractivity contribution in [2.75, 3.05) is 13.2 Å². The minimum Gasteiger partial charge on any atom is -0.386 e. The number of fused-ring (bicyclic) bond motifs is 5. The molecule has 4 saturated carbocycles. The number of amidine groups is 1. The largest absolute Gasteiger partial charge is 0.386 e. The lowest BCUT2D eigenvalue weighted by atomic mass is 9.49. The summed E-state index contributed by atoms with van der Waals surface area (Å²) in [6.07, 6.45) is 11.4. The van der Waals surface area contributed by atoms with E-state index in [1.165, 1.54) is 62.0 Å². The Bertz CT molecular complexity index is 932. The molecule has 1 aromatic rings. The maximum Gasteiger partial charge on any atom is 0.159 e. The van der Waals surface area contributed by atoms with Crippen molar-refractivity contribution < 1.29 is 9.53 Å². The molecule has 4 aliphatic rings. The van der Waals surface area contributed by atoms with E-state index in [2.05, 4.69) is 42.4 Å². The lowest BCUT2D eigenvalue weighted by Crippen LogP contribution is -2.50. The molecule has 1 aromatic carbocycles. The molecule has 0 spiro atoms. The molecule has 6 heteroatoms. The predicted molar refractivity (Wildman–Crippen MR) is 143 cm³/mol. The summed E-state index contributed by atoms with van der Waals surface area (Å²) >= 11 is 0. The van der Waals surface area contributed by atoms with Crippen LogP contribution < -0.4 is 11.6 Å². The smallest absolute Gasteiger partial charge is 0.159 e. The van der Waals surface area contributed by atoms with Crippen molar-refractivity contribution in [1.29, 1.82) is 0 Å². The number of nitrogens with zero attached hydrogens (tertiary/aromatic N) is 2. The van der Waals surface area contributed by atoms with Gasteiger partial charge in [0, 0.05) is 12.5 Å². The number of ketones is 1. The van der Waals surface area contributed by atoms with Crippen molar-refractivity contribution in [1.82, 2.24) is 5.12 Å². The van der Waals surface area contributed by atoms with Crippen molar-refractivity contribution in [2.45, 2.75) is 78.2 Å². The second kappa shape index (κ2) is 10.8. The van der Waals surface area contributed by atoms with Gasteiger partial charge in [-0.15, -0.1) is 5.10 Å². The lowest BCUT2D eigenvalue weighted by Gasteiger charge is -2.56. The third-order valence-electron chi connectivity index (χ3n) is 10.5. The number of hydrazone groups is 1. The van der Waals surface area contributed by atoms with E-state index in [9.17, 15) is 4.79 Å². The first-order valence-electron chi connectivity index (χ1n) is 14.3. The number of nitrogens with two attached hydrogens (primary N) is 2. The van der Waals surface area contributed by atoms with Gasteiger partial charge >= 0.3 is 0 Å². The van der Waals surface area contributed by atoms with Crippen molar-refractivity contribution >= 4 is 11.6 Å². The van der Waals surface area contributed by atoms with Crippen LogP contribution in [0.1, 0.15) is 77.2 Å². The van der Waals surface area contributed by atoms with Gasteiger partial charge in [-0.1, -0.05) is 37.3 Å². The first-order chi connectivity index (χ1) is 17.3. The number of Topliss-reactive ketones (excluding diaryl/α,β-unsaturated/α-hetero) is 1. The van der Waals surface area contributed by atoms with Gasteiger partial charge in [0.25, 0.3) is 0 Å².